The standard InChI is InChI=1S/C45H29N5/c1-4-11-31(12-5-1)37-17-10-18-38-41(37)39-29-36(23-24-40(39)47-42(38)32-25-27-46-28-26-32)30-19-21-35(22-20-30)45-49-43(33-13-6-2-7-14-33)48-44(50-45)34-15-8-3-9-16-34/h1-29H. The first-order chi connectivity index (χ1) is 24.8. The van der Waals surface area contributed by atoms with E-state index in [0.29, 0.717) is 17.5 Å². The van der Waals surface area contributed by atoms with Gasteiger partial charge in [-0.1, -0.05) is 140 Å². The molecule has 0 amide bonds. The molecular weight excluding hydrogens is 611 g/mol. The monoisotopic (exact) mass is 639 g/mol. The van der Waals surface area contributed by atoms with Gasteiger partial charge in [0.1, 0.15) is 0 Å². The molecule has 3 heterocycles. The number of benzene rings is 6. The van der Waals surface area contributed by atoms with Crippen LogP contribution in [0.25, 0.3) is 89.4 Å². The third kappa shape index (κ3) is 5.47. The summed E-state index contributed by atoms with van der Waals surface area (Å²) in [5, 5.41) is 3.40. The van der Waals surface area contributed by atoms with Gasteiger partial charge < -0.3 is 0 Å². The molecule has 0 aliphatic rings. The molecule has 0 bridgehead atoms. The molecule has 9 aromatic rings. The fourth-order valence-corrected chi connectivity index (χ4v) is 6.57. The Morgan fingerprint density at radius 1 is 0.320 bits per heavy atom. The molecule has 6 aromatic carbocycles. The minimum atomic E-state index is 0.633. The van der Waals surface area contributed by atoms with Crippen LogP contribution in [0.1, 0.15) is 0 Å². The Morgan fingerprint density at radius 3 is 1.44 bits per heavy atom. The summed E-state index contributed by atoms with van der Waals surface area (Å²) in [7, 11) is 0. The van der Waals surface area contributed by atoms with E-state index < -0.39 is 0 Å². The predicted octanol–water partition coefficient (Wildman–Crippen LogP) is 11.0. The number of rotatable bonds is 6. The van der Waals surface area contributed by atoms with Crippen LogP contribution in [0.3, 0.4) is 0 Å². The van der Waals surface area contributed by atoms with Crippen LogP contribution in [0.2, 0.25) is 0 Å². The average molecular weight is 640 g/mol. The van der Waals surface area contributed by atoms with Gasteiger partial charge in [-0.3, -0.25) is 4.98 Å². The summed E-state index contributed by atoms with van der Waals surface area (Å²) in [6.07, 6.45) is 3.64. The summed E-state index contributed by atoms with van der Waals surface area (Å²) in [6.45, 7) is 0. The normalized spacial score (nSPS) is 11.2. The smallest absolute Gasteiger partial charge is 0.164 e. The van der Waals surface area contributed by atoms with Gasteiger partial charge in [0.2, 0.25) is 0 Å². The molecule has 9 rings (SSSR count). The van der Waals surface area contributed by atoms with Gasteiger partial charge in [0, 0.05) is 50.8 Å². The highest BCUT2D eigenvalue weighted by Crippen LogP contribution is 2.40. The molecular formula is C45H29N5. The molecule has 0 unspecified atom stereocenters. The largest absolute Gasteiger partial charge is 0.265 e. The van der Waals surface area contributed by atoms with Crippen LogP contribution in [0.4, 0.5) is 0 Å². The number of fused-ring (bicyclic) bond motifs is 3. The lowest BCUT2D eigenvalue weighted by Crippen LogP contribution is -2.00. The summed E-state index contributed by atoms with van der Waals surface area (Å²) in [5.74, 6) is 1.93. The summed E-state index contributed by atoms with van der Waals surface area (Å²) < 4.78 is 0. The highest BCUT2D eigenvalue weighted by Gasteiger charge is 2.16. The zero-order valence-corrected chi connectivity index (χ0v) is 27.0. The van der Waals surface area contributed by atoms with Gasteiger partial charge >= 0.3 is 0 Å². The van der Waals surface area contributed by atoms with Crippen molar-refractivity contribution in [2.24, 2.45) is 0 Å². The van der Waals surface area contributed by atoms with Crippen molar-refractivity contribution in [2.75, 3.05) is 0 Å². The van der Waals surface area contributed by atoms with Crippen molar-refractivity contribution in [3.05, 3.63) is 176 Å². The van der Waals surface area contributed by atoms with Crippen LogP contribution in [0, 0.1) is 0 Å². The summed E-state index contributed by atoms with van der Waals surface area (Å²) in [4.78, 5) is 24.1. The highest BCUT2D eigenvalue weighted by atomic mass is 15.0. The van der Waals surface area contributed by atoms with Gasteiger partial charge in [-0.05, 0) is 46.5 Å². The second-order valence-electron chi connectivity index (χ2n) is 12.1. The maximum Gasteiger partial charge on any atom is 0.164 e. The zero-order valence-electron chi connectivity index (χ0n) is 27.0. The van der Waals surface area contributed by atoms with E-state index >= 15 is 0 Å². The third-order valence-corrected chi connectivity index (χ3v) is 9.03. The lowest BCUT2D eigenvalue weighted by Gasteiger charge is -2.15. The van der Waals surface area contributed by atoms with Crippen molar-refractivity contribution in [1.82, 2.24) is 24.9 Å². The molecule has 234 valence electrons. The lowest BCUT2D eigenvalue weighted by molar-refractivity contribution is 1.07. The second-order valence-corrected chi connectivity index (χ2v) is 12.1. The summed E-state index contributed by atoms with van der Waals surface area (Å²) in [5.41, 5.74) is 10.3. The topological polar surface area (TPSA) is 64.5 Å². The number of aromatic nitrogens is 5. The molecule has 3 aromatic heterocycles. The predicted molar refractivity (Wildman–Crippen MR) is 203 cm³/mol. The number of pyridine rings is 2. The number of hydrogen-bond donors (Lipinski definition) is 0. The van der Waals surface area contributed by atoms with Crippen molar-refractivity contribution < 1.29 is 0 Å². The van der Waals surface area contributed by atoms with Gasteiger partial charge in [-0.15, -0.1) is 0 Å². The first-order valence-corrected chi connectivity index (χ1v) is 16.6. The van der Waals surface area contributed by atoms with Crippen molar-refractivity contribution in [3.8, 4) is 67.7 Å². The molecule has 0 N–H and O–H groups in total. The zero-order chi connectivity index (χ0) is 33.3. The fraction of sp³-hybridized carbons (Fsp3) is 0. The Hall–Kier alpha value is -6.85. The van der Waals surface area contributed by atoms with E-state index in [0.717, 1.165) is 55.4 Å². The molecule has 5 heteroatoms. The van der Waals surface area contributed by atoms with Gasteiger partial charge in [-0.2, -0.15) is 0 Å². The van der Waals surface area contributed by atoms with E-state index in [1.165, 1.54) is 16.5 Å². The average Bonchev–Trinajstić information content (AvgIpc) is 3.21. The van der Waals surface area contributed by atoms with Gasteiger partial charge in [0.05, 0.1) is 11.2 Å². The minimum absolute atomic E-state index is 0.633. The Kier molecular flexibility index (Phi) is 7.41. The molecule has 0 radical (unpaired) electrons. The van der Waals surface area contributed by atoms with E-state index in [9.17, 15) is 0 Å². The molecule has 0 spiro atoms. The molecule has 0 saturated carbocycles. The number of hydrogen-bond acceptors (Lipinski definition) is 5. The third-order valence-electron chi connectivity index (χ3n) is 9.03. The highest BCUT2D eigenvalue weighted by molar-refractivity contribution is 6.17. The SMILES string of the molecule is c1ccc(-c2nc(-c3ccccc3)nc(-c3ccc(-c4ccc5nc(-c6ccncc6)c6cccc(-c7ccccc7)c6c5c4)cc3)n2)cc1. The number of nitrogens with zero attached hydrogens (tertiary/aromatic N) is 5. The first-order valence-electron chi connectivity index (χ1n) is 16.6. The van der Waals surface area contributed by atoms with Crippen LogP contribution in [-0.2, 0) is 0 Å². The van der Waals surface area contributed by atoms with Crippen molar-refractivity contribution in [3.63, 3.8) is 0 Å². The quantitative estimate of drug-likeness (QED) is 0.169. The molecule has 0 atom stereocenters. The lowest BCUT2D eigenvalue weighted by atomic mass is 9.92. The van der Waals surface area contributed by atoms with Gasteiger partial charge in [0.15, 0.2) is 17.5 Å². The van der Waals surface area contributed by atoms with Crippen LogP contribution >= 0.6 is 0 Å². The van der Waals surface area contributed by atoms with E-state index in [1.807, 2.05) is 85.2 Å². The van der Waals surface area contributed by atoms with Crippen molar-refractivity contribution in [2.45, 2.75) is 0 Å². The summed E-state index contributed by atoms with van der Waals surface area (Å²) in [6, 6.07) is 56.3. The molecule has 0 saturated heterocycles. The Morgan fingerprint density at radius 2 is 0.840 bits per heavy atom. The minimum Gasteiger partial charge on any atom is -0.265 e. The first kappa shape index (κ1) is 29.3. The van der Waals surface area contributed by atoms with Crippen LogP contribution in [-0.4, -0.2) is 24.9 Å². The van der Waals surface area contributed by atoms with Gasteiger partial charge in [-0.25, -0.2) is 19.9 Å². The van der Waals surface area contributed by atoms with E-state index in [1.54, 1.807) is 0 Å². The van der Waals surface area contributed by atoms with Crippen LogP contribution < -0.4 is 0 Å². The van der Waals surface area contributed by atoms with E-state index in [2.05, 4.69) is 96.0 Å². The van der Waals surface area contributed by atoms with Gasteiger partial charge in [0.25, 0.3) is 0 Å². The summed E-state index contributed by atoms with van der Waals surface area (Å²) >= 11 is 0. The Balaban J connectivity index is 1.17. The molecule has 5 nitrogen and oxygen atoms in total. The molecule has 50 heavy (non-hydrogen) atoms. The van der Waals surface area contributed by atoms with Crippen LogP contribution in [0.15, 0.2) is 176 Å². The van der Waals surface area contributed by atoms with Crippen LogP contribution in [0.5, 0.6) is 0 Å². The maximum atomic E-state index is 5.21. The molecule has 0 fully saturated rings. The molecule has 0 aliphatic heterocycles. The Bertz CT molecular complexity index is 2550. The van der Waals surface area contributed by atoms with Crippen molar-refractivity contribution >= 4 is 21.7 Å². The second kappa shape index (κ2) is 12.6. The van der Waals surface area contributed by atoms with Crippen molar-refractivity contribution in [1.29, 1.82) is 0 Å². The maximum absolute atomic E-state index is 5.21. The Labute approximate surface area is 289 Å². The van der Waals surface area contributed by atoms with E-state index in [4.69, 9.17) is 19.9 Å². The molecule has 0 aliphatic carbocycles. The fourth-order valence-electron chi connectivity index (χ4n) is 6.57. The van der Waals surface area contributed by atoms with E-state index in [-0.39, 0.29) is 0 Å².